The van der Waals surface area contributed by atoms with Gasteiger partial charge in [0.05, 0.1) is 11.8 Å². The standard InChI is InChI=1S/C16H19N7O2/c1-11-12(9-18-22(11)2)8-17-16(24)13-6-4-5-7-14(13)25-10-15-19-20-21-23(15)3/h4-7,9H,8,10H2,1-3H3,(H,17,24). The minimum absolute atomic E-state index is 0.176. The van der Waals surface area contributed by atoms with Gasteiger partial charge in [-0.1, -0.05) is 12.1 Å². The van der Waals surface area contributed by atoms with Gasteiger partial charge in [0.2, 0.25) is 0 Å². The molecule has 0 atom stereocenters. The molecule has 0 radical (unpaired) electrons. The molecule has 9 nitrogen and oxygen atoms in total. The van der Waals surface area contributed by atoms with Crippen LogP contribution in [0.25, 0.3) is 0 Å². The van der Waals surface area contributed by atoms with E-state index in [-0.39, 0.29) is 12.5 Å². The highest BCUT2D eigenvalue weighted by molar-refractivity contribution is 5.96. The molecule has 3 rings (SSSR count). The summed E-state index contributed by atoms with van der Waals surface area (Å²) in [5.41, 5.74) is 2.44. The van der Waals surface area contributed by atoms with Crippen LogP contribution in [0, 0.1) is 6.92 Å². The number of carbonyl (C=O) groups is 1. The Balaban J connectivity index is 1.68. The molecule has 1 aromatic carbocycles. The summed E-state index contributed by atoms with van der Waals surface area (Å²) in [7, 11) is 3.60. The Bertz CT molecular complexity index is 884. The van der Waals surface area contributed by atoms with E-state index in [0.29, 0.717) is 23.7 Å². The number of tetrazole rings is 1. The number of hydrogen-bond acceptors (Lipinski definition) is 6. The Morgan fingerprint density at radius 1 is 1.24 bits per heavy atom. The maximum absolute atomic E-state index is 12.5. The third-order valence-electron chi connectivity index (χ3n) is 3.97. The lowest BCUT2D eigenvalue weighted by Crippen LogP contribution is -2.23. The van der Waals surface area contributed by atoms with E-state index in [2.05, 4.69) is 25.9 Å². The lowest BCUT2D eigenvalue weighted by atomic mass is 10.2. The van der Waals surface area contributed by atoms with Crippen molar-refractivity contribution in [3.05, 3.63) is 53.1 Å². The van der Waals surface area contributed by atoms with Gasteiger partial charge in [-0.25, -0.2) is 4.68 Å². The first kappa shape index (κ1) is 16.6. The average molecular weight is 341 g/mol. The topological polar surface area (TPSA) is 99.8 Å². The van der Waals surface area contributed by atoms with Crippen LogP contribution in [0.4, 0.5) is 0 Å². The molecule has 0 bridgehead atoms. The van der Waals surface area contributed by atoms with Gasteiger partial charge in [0.1, 0.15) is 12.4 Å². The van der Waals surface area contributed by atoms with Gasteiger partial charge in [-0.2, -0.15) is 5.10 Å². The number of hydrogen-bond donors (Lipinski definition) is 1. The molecule has 0 spiro atoms. The number of nitrogens with zero attached hydrogens (tertiary/aromatic N) is 6. The Labute approximate surface area is 144 Å². The van der Waals surface area contributed by atoms with E-state index in [1.54, 1.807) is 36.1 Å². The fourth-order valence-corrected chi connectivity index (χ4v) is 2.28. The van der Waals surface area contributed by atoms with Gasteiger partial charge >= 0.3 is 0 Å². The maximum Gasteiger partial charge on any atom is 0.255 e. The van der Waals surface area contributed by atoms with Gasteiger partial charge in [-0.3, -0.25) is 9.48 Å². The fourth-order valence-electron chi connectivity index (χ4n) is 2.28. The van der Waals surface area contributed by atoms with E-state index in [4.69, 9.17) is 4.74 Å². The van der Waals surface area contributed by atoms with Gasteiger partial charge in [-0.05, 0) is 29.5 Å². The second-order valence-corrected chi connectivity index (χ2v) is 5.57. The molecule has 130 valence electrons. The van der Waals surface area contributed by atoms with Crippen LogP contribution in [-0.2, 0) is 27.2 Å². The summed E-state index contributed by atoms with van der Waals surface area (Å²) in [6.07, 6.45) is 1.75. The number of amides is 1. The number of nitrogens with one attached hydrogen (secondary N) is 1. The molecular weight excluding hydrogens is 322 g/mol. The molecule has 0 unspecified atom stereocenters. The number of ether oxygens (including phenoxy) is 1. The van der Waals surface area contributed by atoms with Crippen molar-refractivity contribution in [3.8, 4) is 5.75 Å². The number of rotatable bonds is 6. The van der Waals surface area contributed by atoms with E-state index in [1.807, 2.05) is 20.0 Å². The van der Waals surface area contributed by atoms with E-state index in [1.165, 1.54) is 4.68 Å². The monoisotopic (exact) mass is 341 g/mol. The number of carbonyl (C=O) groups excluding carboxylic acids is 1. The lowest BCUT2D eigenvalue weighted by molar-refractivity contribution is 0.0946. The summed E-state index contributed by atoms with van der Waals surface area (Å²) in [6.45, 7) is 2.54. The molecule has 0 aliphatic heterocycles. The van der Waals surface area contributed by atoms with Crippen molar-refractivity contribution in [1.29, 1.82) is 0 Å². The van der Waals surface area contributed by atoms with Gasteiger partial charge in [0, 0.05) is 31.9 Å². The van der Waals surface area contributed by atoms with Gasteiger partial charge < -0.3 is 10.1 Å². The summed E-state index contributed by atoms with van der Waals surface area (Å²) < 4.78 is 9.02. The van der Waals surface area contributed by atoms with Gasteiger partial charge in [0.15, 0.2) is 5.82 Å². The Kier molecular flexibility index (Phi) is 4.73. The van der Waals surface area contributed by atoms with Crippen LogP contribution in [0.1, 0.15) is 27.4 Å². The second-order valence-electron chi connectivity index (χ2n) is 5.57. The molecule has 0 aliphatic carbocycles. The van der Waals surface area contributed by atoms with Crippen LogP contribution in [0.2, 0.25) is 0 Å². The highest BCUT2D eigenvalue weighted by Gasteiger charge is 2.14. The Morgan fingerprint density at radius 2 is 2.04 bits per heavy atom. The summed E-state index contributed by atoms with van der Waals surface area (Å²) in [4.78, 5) is 12.5. The molecule has 1 amide bonds. The first-order valence-corrected chi connectivity index (χ1v) is 7.75. The van der Waals surface area contributed by atoms with Crippen molar-refractivity contribution in [2.45, 2.75) is 20.1 Å². The van der Waals surface area contributed by atoms with Crippen LogP contribution in [0.15, 0.2) is 30.5 Å². The van der Waals surface area contributed by atoms with Crippen molar-refractivity contribution < 1.29 is 9.53 Å². The van der Waals surface area contributed by atoms with Crippen molar-refractivity contribution in [2.24, 2.45) is 14.1 Å². The van der Waals surface area contributed by atoms with Crippen molar-refractivity contribution >= 4 is 5.91 Å². The third kappa shape index (κ3) is 3.65. The number of benzene rings is 1. The number of aromatic nitrogens is 6. The van der Waals surface area contributed by atoms with Crippen LogP contribution in [0.3, 0.4) is 0 Å². The van der Waals surface area contributed by atoms with Gasteiger partial charge in [0.25, 0.3) is 5.91 Å². The molecule has 25 heavy (non-hydrogen) atoms. The second kappa shape index (κ2) is 7.12. The largest absolute Gasteiger partial charge is 0.485 e. The SMILES string of the molecule is Cc1c(CNC(=O)c2ccccc2OCc2nnnn2C)cnn1C. The maximum atomic E-state index is 12.5. The summed E-state index contributed by atoms with van der Waals surface area (Å²) >= 11 is 0. The fraction of sp³-hybridized carbons (Fsp3) is 0.312. The summed E-state index contributed by atoms with van der Waals surface area (Å²) in [5.74, 6) is 0.835. The molecule has 3 aromatic rings. The minimum Gasteiger partial charge on any atom is -0.485 e. The Hall–Kier alpha value is -3.23. The predicted octanol–water partition coefficient (Wildman–Crippen LogP) is 0.761. The van der Waals surface area contributed by atoms with Crippen molar-refractivity contribution in [3.63, 3.8) is 0 Å². The number of para-hydroxylation sites is 1. The number of aryl methyl sites for hydroxylation is 2. The molecule has 0 saturated heterocycles. The van der Waals surface area contributed by atoms with Crippen LogP contribution in [-0.4, -0.2) is 35.9 Å². The molecule has 9 heteroatoms. The normalized spacial score (nSPS) is 10.7. The van der Waals surface area contributed by atoms with E-state index >= 15 is 0 Å². The van der Waals surface area contributed by atoms with E-state index < -0.39 is 0 Å². The van der Waals surface area contributed by atoms with Crippen LogP contribution >= 0.6 is 0 Å². The zero-order chi connectivity index (χ0) is 17.8. The van der Waals surface area contributed by atoms with Crippen molar-refractivity contribution in [1.82, 2.24) is 35.3 Å². The van der Waals surface area contributed by atoms with E-state index in [0.717, 1.165) is 11.3 Å². The molecule has 2 aromatic heterocycles. The first-order chi connectivity index (χ1) is 12.1. The summed E-state index contributed by atoms with van der Waals surface area (Å²) in [5, 5.41) is 18.2. The molecule has 0 aliphatic rings. The first-order valence-electron chi connectivity index (χ1n) is 7.75. The summed E-state index contributed by atoms with van der Waals surface area (Å²) in [6, 6.07) is 7.07. The quantitative estimate of drug-likeness (QED) is 0.710. The molecular formula is C16H19N7O2. The lowest BCUT2D eigenvalue weighted by Gasteiger charge is -2.11. The molecule has 0 fully saturated rings. The predicted molar refractivity (Wildman–Crippen MR) is 88.7 cm³/mol. The van der Waals surface area contributed by atoms with Crippen molar-refractivity contribution in [2.75, 3.05) is 0 Å². The highest BCUT2D eigenvalue weighted by Crippen LogP contribution is 2.19. The van der Waals surface area contributed by atoms with Gasteiger partial charge in [-0.15, -0.1) is 5.10 Å². The Morgan fingerprint density at radius 3 is 2.72 bits per heavy atom. The average Bonchev–Trinajstić information content (AvgIpc) is 3.17. The highest BCUT2D eigenvalue weighted by atomic mass is 16.5. The zero-order valence-corrected chi connectivity index (χ0v) is 14.3. The third-order valence-corrected chi connectivity index (χ3v) is 3.97. The van der Waals surface area contributed by atoms with E-state index in [9.17, 15) is 4.79 Å². The molecule has 2 heterocycles. The van der Waals surface area contributed by atoms with Crippen LogP contribution < -0.4 is 10.1 Å². The smallest absolute Gasteiger partial charge is 0.255 e. The zero-order valence-electron chi connectivity index (χ0n) is 14.3. The molecule has 1 N–H and O–H groups in total. The van der Waals surface area contributed by atoms with Crippen LogP contribution in [0.5, 0.6) is 5.75 Å². The minimum atomic E-state index is -0.213. The molecule has 0 saturated carbocycles.